The molecule has 0 amide bonds. The van der Waals surface area contributed by atoms with E-state index in [-0.39, 0.29) is 6.04 Å². The van der Waals surface area contributed by atoms with Crippen molar-refractivity contribution < 1.29 is 0 Å². The molecule has 6 heteroatoms. The molecule has 0 fully saturated rings. The normalized spacial score (nSPS) is 12.6. The first-order chi connectivity index (χ1) is 7.75. The first-order valence-electron chi connectivity index (χ1n) is 4.98. The molecule has 0 aromatic carbocycles. The maximum absolute atomic E-state index is 5.79. The van der Waals surface area contributed by atoms with Gasteiger partial charge in [0.25, 0.3) is 0 Å². The van der Waals surface area contributed by atoms with Gasteiger partial charge in [-0.05, 0) is 36.7 Å². The van der Waals surface area contributed by atoms with E-state index < -0.39 is 0 Å². The van der Waals surface area contributed by atoms with Gasteiger partial charge in [0.1, 0.15) is 11.4 Å². The summed E-state index contributed by atoms with van der Waals surface area (Å²) in [6, 6.07) is 4.08. The average molecular weight is 235 g/mol. The quantitative estimate of drug-likeness (QED) is 0.833. The predicted octanol–water partition coefficient (Wildman–Crippen LogP) is 1.24. The van der Waals surface area contributed by atoms with Gasteiger partial charge < -0.3 is 5.73 Å². The largest absolute Gasteiger partial charge is 0.328 e. The lowest BCUT2D eigenvalue weighted by molar-refractivity contribution is 0.722. The van der Waals surface area contributed by atoms with Crippen molar-refractivity contribution in [2.75, 3.05) is 0 Å². The monoisotopic (exact) mass is 235 g/mol. The fraction of sp³-hybridized carbons (Fsp3) is 0.300. The summed E-state index contributed by atoms with van der Waals surface area (Å²) in [5.74, 6) is 0. The summed E-state index contributed by atoms with van der Waals surface area (Å²) in [5, 5.41) is 8.26. The minimum atomic E-state index is 0.123. The number of rotatable bonds is 4. The van der Waals surface area contributed by atoms with Crippen molar-refractivity contribution in [2.45, 2.75) is 29.6 Å². The fourth-order valence-electron chi connectivity index (χ4n) is 1.35. The molecule has 2 rings (SSSR count). The van der Waals surface area contributed by atoms with Gasteiger partial charge in [-0.25, -0.2) is 9.97 Å². The molecule has 2 aromatic heterocycles. The zero-order valence-corrected chi connectivity index (χ0v) is 9.74. The molecule has 3 N–H and O–H groups in total. The van der Waals surface area contributed by atoms with E-state index in [2.05, 4.69) is 20.2 Å². The molecule has 1 atom stereocenters. The third kappa shape index (κ3) is 2.80. The number of aromatic nitrogens is 4. The SMILES string of the molecule is CC(N)Cc1cccnc1Sc1ncn[nH]1. The van der Waals surface area contributed by atoms with Gasteiger partial charge in [-0.2, -0.15) is 5.10 Å². The van der Waals surface area contributed by atoms with Crippen LogP contribution >= 0.6 is 11.8 Å². The molecule has 0 bridgehead atoms. The second-order valence-electron chi connectivity index (χ2n) is 3.54. The highest BCUT2D eigenvalue weighted by molar-refractivity contribution is 7.99. The van der Waals surface area contributed by atoms with Crippen LogP contribution in [-0.4, -0.2) is 26.2 Å². The van der Waals surface area contributed by atoms with E-state index in [9.17, 15) is 0 Å². The number of nitrogens with zero attached hydrogens (tertiary/aromatic N) is 3. The second kappa shape index (κ2) is 5.09. The van der Waals surface area contributed by atoms with Crippen LogP contribution in [0, 0.1) is 0 Å². The summed E-state index contributed by atoms with van der Waals surface area (Å²) in [4.78, 5) is 8.38. The van der Waals surface area contributed by atoms with Gasteiger partial charge in [-0.1, -0.05) is 6.07 Å². The Balaban J connectivity index is 2.19. The van der Waals surface area contributed by atoms with Crippen LogP contribution < -0.4 is 5.73 Å². The van der Waals surface area contributed by atoms with Crippen molar-refractivity contribution in [1.82, 2.24) is 20.2 Å². The fourth-order valence-corrected chi connectivity index (χ4v) is 2.13. The van der Waals surface area contributed by atoms with Crippen molar-refractivity contribution in [3.63, 3.8) is 0 Å². The lowest BCUT2D eigenvalue weighted by Crippen LogP contribution is -2.18. The summed E-state index contributed by atoms with van der Waals surface area (Å²) in [5.41, 5.74) is 6.93. The van der Waals surface area contributed by atoms with Crippen LogP contribution in [0.5, 0.6) is 0 Å². The van der Waals surface area contributed by atoms with E-state index in [0.29, 0.717) is 0 Å². The number of hydrogen-bond acceptors (Lipinski definition) is 5. The van der Waals surface area contributed by atoms with Crippen LogP contribution in [0.4, 0.5) is 0 Å². The molecule has 2 aromatic rings. The van der Waals surface area contributed by atoms with Crippen molar-refractivity contribution in [3.8, 4) is 0 Å². The second-order valence-corrected chi connectivity index (χ2v) is 4.52. The van der Waals surface area contributed by atoms with E-state index in [1.807, 2.05) is 19.1 Å². The third-order valence-corrected chi connectivity index (χ3v) is 2.93. The van der Waals surface area contributed by atoms with Crippen LogP contribution in [0.15, 0.2) is 34.8 Å². The highest BCUT2D eigenvalue weighted by Gasteiger charge is 2.08. The Morgan fingerprint density at radius 2 is 2.38 bits per heavy atom. The number of H-pyrrole nitrogens is 1. The molecule has 0 aliphatic rings. The number of hydrogen-bond donors (Lipinski definition) is 2. The maximum Gasteiger partial charge on any atom is 0.189 e. The van der Waals surface area contributed by atoms with E-state index in [1.165, 1.54) is 18.1 Å². The number of nitrogens with two attached hydrogens (primary N) is 1. The van der Waals surface area contributed by atoms with Crippen molar-refractivity contribution >= 4 is 11.8 Å². The van der Waals surface area contributed by atoms with Gasteiger partial charge in [-0.3, -0.25) is 5.10 Å². The van der Waals surface area contributed by atoms with E-state index >= 15 is 0 Å². The molecule has 0 saturated carbocycles. The lowest BCUT2D eigenvalue weighted by Gasteiger charge is -2.08. The van der Waals surface area contributed by atoms with Crippen LogP contribution in [0.3, 0.4) is 0 Å². The number of nitrogens with one attached hydrogen (secondary N) is 1. The molecule has 2 heterocycles. The molecule has 0 aliphatic carbocycles. The summed E-state index contributed by atoms with van der Waals surface area (Å²) < 4.78 is 0. The molecular weight excluding hydrogens is 222 g/mol. The average Bonchev–Trinajstić information content (AvgIpc) is 2.73. The van der Waals surface area contributed by atoms with Gasteiger partial charge in [0.2, 0.25) is 0 Å². The highest BCUT2D eigenvalue weighted by atomic mass is 32.2. The minimum Gasteiger partial charge on any atom is -0.328 e. The van der Waals surface area contributed by atoms with E-state index in [1.54, 1.807) is 6.20 Å². The summed E-state index contributed by atoms with van der Waals surface area (Å²) in [6.07, 6.45) is 4.06. The Morgan fingerprint density at radius 1 is 1.50 bits per heavy atom. The highest BCUT2D eigenvalue weighted by Crippen LogP contribution is 2.25. The lowest BCUT2D eigenvalue weighted by atomic mass is 10.1. The van der Waals surface area contributed by atoms with E-state index in [4.69, 9.17) is 5.73 Å². The molecule has 0 spiro atoms. The molecule has 16 heavy (non-hydrogen) atoms. The number of aromatic amines is 1. The summed E-state index contributed by atoms with van der Waals surface area (Å²) in [6.45, 7) is 1.98. The smallest absolute Gasteiger partial charge is 0.189 e. The Morgan fingerprint density at radius 3 is 3.06 bits per heavy atom. The summed E-state index contributed by atoms with van der Waals surface area (Å²) >= 11 is 1.47. The Kier molecular flexibility index (Phi) is 3.53. The van der Waals surface area contributed by atoms with Crippen LogP contribution in [0.25, 0.3) is 0 Å². The molecule has 84 valence electrons. The van der Waals surface area contributed by atoms with Gasteiger partial charge >= 0.3 is 0 Å². The zero-order chi connectivity index (χ0) is 11.4. The van der Waals surface area contributed by atoms with Crippen LogP contribution in [0.1, 0.15) is 12.5 Å². The van der Waals surface area contributed by atoms with Gasteiger partial charge in [0.15, 0.2) is 5.16 Å². The van der Waals surface area contributed by atoms with Gasteiger partial charge in [0.05, 0.1) is 0 Å². The predicted molar refractivity (Wildman–Crippen MR) is 62.1 cm³/mol. The minimum absolute atomic E-state index is 0.123. The van der Waals surface area contributed by atoms with Crippen molar-refractivity contribution in [1.29, 1.82) is 0 Å². The number of pyridine rings is 1. The van der Waals surface area contributed by atoms with E-state index in [0.717, 1.165) is 22.2 Å². The van der Waals surface area contributed by atoms with Gasteiger partial charge in [0, 0.05) is 12.2 Å². The molecule has 0 aliphatic heterocycles. The molecule has 5 nitrogen and oxygen atoms in total. The molecular formula is C10H13N5S. The standard InChI is InChI=1S/C10H13N5S/c1-7(11)5-8-3-2-4-12-9(8)16-10-13-6-14-15-10/h2-4,6-7H,5,11H2,1H3,(H,13,14,15). The Hall–Kier alpha value is -1.40. The molecule has 0 radical (unpaired) electrons. The topological polar surface area (TPSA) is 80.5 Å². The Bertz CT molecular complexity index is 440. The molecule has 1 unspecified atom stereocenters. The van der Waals surface area contributed by atoms with Gasteiger partial charge in [-0.15, -0.1) is 0 Å². The van der Waals surface area contributed by atoms with Crippen molar-refractivity contribution in [2.24, 2.45) is 5.73 Å². The summed E-state index contributed by atoms with van der Waals surface area (Å²) in [7, 11) is 0. The van der Waals surface area contributed by atoms with Crippen LogP contribution in [-0.2, 0) is 6.42 Å². The van der Waals surface area contributed by atoms with Crippen LogP contribution in [0.2, 0.25) is 0 Å². The Labute approximate surface area is 97.9 Å². The first kappa shape index (κ1) is 11.1. The maximum atomic E-state index is 5.79. The van der Waals surface area contributed by atoms with Crippen molar-refractivity contribution in [3.05, 3.63) is 30.2 Å². The zero-order valence-electron chi connectivity index (χ0n) is 8.92. The molecule has 0 saturated heterocycles. The third-order valence-electron chi connectivity index (χ3n) is 1.98. The first-order valence-corrected chi connectivity index (χ1v) is 5.80.